The second-order valence-corrected chi connectivity index (χ2v) is 10.7. The van der Waals surface area contributed by atoms with E-state index in [4.69, 9.17) is 23.7 Å². The minimum atomic E-state index is -1.26. The van der Waals surface area contributed by atoms with Crippen LogP contribution in [-0.4, -0.2) is 46.9 Å². The lowest BCUT2D eigenvalue weighted by Gasteiger charge is -2.36. The summed E-state index contributed by atoms with van der Waals surface area (Å²) >= 11 is 0. The molecule has 0 spiro atoms. The highest BCUT2D eigenvalue weighted by Gasteiger charge is 2.65. The summed E-state index contributed by atoms with van der Waals surface area (Å²) in [5, 5.41) is 0. The van der Waals surface area contributed by atoms with Crippen LogP contribution in [0, 0.1) is 0 Å². The molecule has 2 aliphatic rings. The summed E-state index contributed by atoms with van der Waals surface area (Å²) in [6, 6.07) is 28.5. The van der Waals surface area contributed by atoms with Gasteiger partial charge in [-0.05, 0) is 36.6 Å². The molecular formula is C34H37NO6. The van der Waals surface area contributed by atoms with Gasteiger partial charge in [0.25, 0.3) is 0 Å². The Morgan fingerprint density at radius 1 is 0.878 bits per heavy atom. The highest BCUT2D eigenvalue weighted by Crippen LogP contribution is 2.48. The first kappa shape index (κ1) is 28.8. The smallest absolute Gasteiger partial charge is 0.410 e. The van der Waals surface area contributed by atoms with Crippen LogP contribution >= 0.6 is 0 Å². The average molecular weight is 556 g/mol. The third-order valence-electron chi connectivity index (χ3n) is 7.30. The Kier molecular flexibility index (Phi) is 8.71. The lowest BCUT2D eigenvalue weighted by Crippen LogP contribution is -2.51. The summed E-state index contributed by atoms with van der Waals surface area (Å²) < 4.78 is 31.6. The van der Waals surface area contributed by atoms with E-state index in [9.17, 15) is 4.79 Å². The van der Waals surface area contributed by atoms with Gasteiger partial charge in [-0.2, -0.15) is 0 Å². The van der Waals surface area contributed by atoms with Crippen molar-refractivity contribution >= 4 is 6.09 Å². The lowest BCUT2D eigenvalue weighted by atomic mass is 9.98. The molecule has 0 radical (unpaired) electrons. The molecule has 2 saturated heterocycles. The first-order chi connectivity index (χ1) is 19.8. The zero-order chi connectivity index (χ0) is 28.9. The molecule has 0 N–H and O–H groups in total. The van der Waals surface area contributed by atoms with E-state index < -0.39 is 42.0 Å². The highest BCUT2D eigenvalue weighted by atomic mass is 16.9. The van der Waals surface area contributed by atoms with E-state index >= 15 is 0 Å². The molecule has 5 atom stereocenters. The van der Waals surface area contributed by atoms with Crippen LogP contribution in [0.3, 0.4) is 0 Å². The molecule has 0 aliphatic carbocycles. The van der Waals surface area contributed by atoms with Crippen LogP contribution < -0.4 is 0 Å². The van der Waals surface area contributed by atoms with E-state index in [1.54, 1.807) is 17.1 Å². The Balaban J connectivity index is 1.46. The van der Waals surface area contributed by atoms with Gasteiger partial charge in [-0.15, -0.1) is 6.58 Å². The minimum absolute atomic E-state index is 0.133. The summed E-state index contributed by atoms with van der Waals surface area (Å²) in [6.45, 7) is 12.5. The topological polar surface area (TPSA) is 66.5 Å². The molecule has 2 heterocycles. The summed E-state index contributed by atoms with van der Waals surface area (Å²) in [5.74, 6) is -2.18. The van der Waals surface area contributed by atoms with Gasteiger partial charge in [0.2, 0.25) is 5.79 Å². The van der Waals surface area contributed by atoms with E-state index in [2.05, 4.69) is 13.2 Å². The van der Waals surface area contributed by atoms with Gasteiger partial charge in [0.1, 0.15) is 24.9 Å². The Morgan fingerprint density at radius 3 is 2.00 bits per heavy atom. The molecule has 41 heavy (non-hydrogen) atoms. The number of carbonyl (C=O) groups excluding carboxylic acids is 1. The summed E-state index contributed by atoms with van der Waals surface area (Å²) in [5.41, 5.74) is 2.82. The number of carbonyl (C=O) groups is 1. The van der Waals surface area contributed by atoms with Gasteiger partial charge in [0, 0.05) is 6.54 Å². The van der Waals surface area contributed by atoms with E-state index in [0.717, 1.165) is 16.7 Å². The van der Waals surface area contributed by atoms with Gasteiger partial charge in [0.05, 0.1) is 12.6 Å². The Morgan fingerprint density at radius 2 is 1.44 bits per heavy atom. The molecule has 2 fully saturated rings. The van der Waals surface area contributed by atoms with E-state index in [1.807, 2.05) is 105 Å². The van der Waals surface area contributed by atoms with Gasteiger partial charge >= 0.3 is 6.09 Å². The molecule has 214 valence electrons. The van der Waals surface area contributed by atoms with Crippen molar-refractivity contribution in [3.8, 4) is 0 Å². The third-order valence-corrected chi connectivity index (χ3v) is 7.30. The number of amides is 1. The van der Waals surface area contributed by atoms with Crippen molar-refractivity contribution < 1.29 is 28.5 Å². The monoisotopic (exact) mass is 555 g/mol. The zero-order valence-corrected chi connectivity index (χ0v) is 23.6. The standard InChI is InChI=1S/C34H37NO6/c1-5-28(35(22-25-16-10-7-11-17-25)32(36)38-24-27-20-14-9-15-21-27)29-30(37-23-26-18-12-8-13-19-26)31-34(6-2,39-29)41-33(3,4)40-31/h5-21,28-31H,1-2,22-24H2,3-4H3/t28-,29-,30+,31-,34-/m0/s1. The molecule has 5 rings (SSSR count). The SMILES string of the molecule is C=C[C@@H]([C@@H]1O[C@@]2(C=C)OC(C)(C)O[C@H]2[C@@H]1OCc1ccccc1)N(Cc1ccccc1)C(=O)OCc1ccccc1. The van der Waals surface area contributed by atoms with Gasteiger partial charge in [-0.3, -0.25) is 4.90 Å². The van der Waals surface area contributed by atoms with Crippen LogP contribution in [0.5, 0.6) is 0 Å². The maximum Gasteiger partial charge on any atom is 0.410 e. The second kappa shape index (κ2) is 12.4. The molecule has 7 nitrogen and oxygen atoms in total. The van der Waals surface area contributed by atoms with Crippen molar-refractivity contribution in [2.24, 2.45) is 0 Å². The van der Waals surface area contributed by atoms with E-state index in [-0.39, 0.29) is 13.2 Å². The van der Waals surface area contributed by atoms with Gasteiger partial charge in [-0.25, -0.2) is 4.79 Å². The summed E-state index contributed by atoms with van der Waals surface area (Å²) in [4.78, 5) is 15.4. The van der Waals surface area contributed by atoms with Crippen LogP contribution in [0.25, 0.3) is 0 Å². The quantitative estimate of drug-likeness (QED) is 0.255. The number of nitrogens with zero attached hydrogens (tertiary/aromatic N) is 1. The fourth-order valence-corrected chi connectivity index (χ4v) is 5.42. The van der Waals surface area contributed by atoms with Crippen LogP contribution in [0.2, 0.25) is 0 Å². The maximum absolute atomic E-state index is 13.7. The number of fused-ring (bicyclic) bond motifs is 1. The molecule has 3 aromatic carbocycles. The van der Waals surface area contributed by atoms with Crippen molar-refractivity contribution in [1.82, 2.24) is 4.90 Å². The molecule has 3 aromatic rings. The number of hydrogen-bond acceptors (Lipinski definition) is 6. The van der Waals surface area contributed by atoms with Crippen molar-refractivity contribution in [2.75, 3.05) is 0 Å². The number of benzene rings is 3. The Hall–Kier alpha value is -3.75. The number of ether oxygens (including phenoxy) is 5. The molecule has 1 amide bonds. The average Bonchev–Trinajstić information content (AvgIpc) is 3.43. The first-order valence-electron chi connectivity index (χ1n) is 13.8. The predicted molar refractivity (Wildman–Crippen MR) is 155 cm³/mol. The van der Waals surface area contributed by atoms with Crippen molar-refractivity contribution in [1.29, 1.82) is 0 Å². The largest absolute Gasteiger partial charge is 0.445 e. The van der Waals surface area contributed by atoms with Gasteiger partial charge < -0.3 is 23.7 Å². The van der Waals surface area contributed by atoms with E-state index in [1.165, 1.54) is 0 Å². The number of rotatable bonds is 11. The van der Waals surface area contributed by atoms with Gasteiger partial charge in [0.15, 0.2) is 5.79 Å². The Labute approximate surface area is 241 Å². The molecule has 0 saturated carbocycles. The summed E-state index contributed by atoms with van der Waals surface area (Å²) in [7, 11) is 0. The van der Waals surface area contributed by atoms with Crippen LogP contribution in [0.15, 0.2) is 116 Å². The molecular weight excluding hydrogens is 518 g/mol. The third kappa shape index (κ3) is 6.44. The second-order valence-electron chi connectivity index (χ2n) is 10.7. The summed E-state index contributed by atoms with van der Waals surface area (Å²) in [6.07, 6.45) is 0.881. The molecule has 0 aromatic heterocycles. The molecule has 7 heteroatoms. The van der Waals surface area contributed by atoms with Crippen LogP contribution in [0.4, 0.5) is 4.79 Å². The highest BCUT2D eigenvalue weighted by molar-refractivity contribution is 5.68. The Bertz CT molecular complexity index is 1310. The molecule has 0 bridgehead atoms. The first-order valence-corrected chi connectivity index (χ1v) is 13.8. The van der Waals surface area contributed by atoms with Crippen molar-refractivity contribution in [3.05, 3.63) is 133 Å². The van der Waals surface area contributed by atoms with Crippen molar-refractivity contribution in [3.63, 3.8) is 0 Å². The number of hydrogen-bond donors (Lipinski definition) is 0. The van der Waals surface area contributed by atoms with Crippen molar-refractivity contribution in [2.45, 2.75) is 69.5 Å². The van der Waals surface area contributed by atoms with E-state index in [0.29, 0.717) is 6.61 Å². The van der Waals surface area contributed by atoms with Crippen LogP contribution in [-0.2, 0) is 43.4 Å². The zero-order valence-electron chi connectivity index (χ0n) is 23.6. The molecule has 2 aliphatic heterocycles. The molecule has 0 unspecified atom stereocenters. The fraction of sp³-hybridized carbons (Fsp3) is 0.324. The lowest BCUT2D eigenvalue weighted by molar-refractivity contribution is -0.249. The maximum atomic E-state index is 13.7. The predicted octanol–water partition coefficient (Wildman–Crippen LogP) is 6.40. The minimum Gasteiger partial charge on any atom is -0.445 e. The fourth-order valence-electron chi connectivity index (χ4n) is 5.42. The van der Waals surface area contributed by atoms with Gasteiger partial charge in [-0.1, -0.05) is 104 Å². The van der Waals surface area contributed by atoms with Crippen LogP contribution in [0.1, 0.15) is 30.5 Å². The normalized spacial score (nSPS) is 25.2.